The first-order chi connectivity index (χ1) is 19.0. The van der Waals surface area contributed by atoms with Gasteiger partial charge in [0.15, 0.2) is 0 Å². The Morgan fingerprint density at radius 3 is 1.82 bits per heavy atom. The summed E-state index contributed by atoms with van der Waals surface area (Å²) in [5.41, 5.74) is 6.57. The van der Waals surface area contributed by atoms with E-state index in [2.05, 4.69) is 46.0 Å². The van der Waals surface area contributed by atoms with E-state index in [-0.39, 0.29) is 5.28 Å². The molecule has 4 aromatic carbocycles. The number of azo groups is 2. The first-order valence-corrected chi connectivity index (χ1v) is 12.5. The molecule has 0 aliphatic rings. The van der Waals surface area contributed by atoms with Crippen molar-refractivity contribution in [1.82, 2.24) is 15.0 Å². The quantitative estimate of drug-likeness (QED) is 0.193. The summed E-state index contributed by atoms with van der Waals surface area (Å²) in [5.74, 6) is 0.616. The minimum atomic E-state index is 0.0611. The molecule has 1 aromatic heterocycles. The highest BCUT2D eigenvalue weighted by Gasteiger charge is 2.09. The summed E-state index contributed by atoms with van der Waals surface area (Å²) in [4.78, 5) is 12.9. The molecule has 9 nitrogen and oxygen atoms in total. The van der Waals surface area contributed by atoms with Crippen LogP contribution in [0.3, 0.4) is 0 Å². The van der Waals surface area contributed by atoms with Gasteiger partial charge in [-0.1, -0.05) is 36.4 Å². The number of benzene rings is 4. The molecule has 0 amide bonds. The molecule has 0 saturated carbocycles. The van der Waals surface area contributed by atoms with Crippen LogP contribution in [-0.2, 0) is 0 Å². The van der Waals surface area contributed by atoms with Crippen LogP contribution in [-0.4, -0.2) is 15.0 Å². The molecule has 0 aliphatic carbocycles. The number of rotatable bonds is 8. The molecule has 10 heteroatoms. The van der Waals surface area contributed by atoms with Gasteiger partial charge in [0.1, 0.15) is 0 Å². The van der Waals surface area contributed by atoms with Crippen LogP contribution in [0.4, 0.5) is 46.0 Å². The lowest BCUT2D eigenvalue weighted by Gasteiger charge is -2.11. The average Bonchev–Trinajstić information content (AvgIpc) is 2.94. The van der Waals surface area contributed by atoms with E-state index in [4.69, 9.17) is 11.6 Å². The molecule has 192 valence electrons. The number of hydrogen-bond donors (Lipinski definition) is 2. The normalized spacial score (nSPS) is 11.3. The fourth-order valence-corrected chi connectivity index (χ4v) is 3.78. The molecule has 0 bridgehead atoms. The van der Waals surface area contributed by atoms with Gasteiger partial charge in [0.2, 0.25) is 17.2 Å². The lowest BCUT2D eigenvalue weighted by molar-refractivity contribution is 1.06. The van der Waals surface area contributed by atoms with Crippen LogP contribution >= 0.6 is 11.6 Å². The van der Waals surface area contributed by atoms with E-state index in [0.29, 0.717) is 11.9 Å². The highest BCUT2D eigenvalue weighted by Crippen LogP contribution is 2.28. The lowest BCUT2D eigenvalue weighted by Crippen LogP contribution is -2.04. The van der Waals surface area contributed by atoms with Crippen LogP contribution in [0.1, 0.15) is 11.1 Å². The monoisotopic (exact) mass is 533 g/mol. The Hall–Kier alpha value is -5.02. The van der Waals surface area contributed by atoms with Crippen molar-refractivity contribution in [1.29, 1.82) is 0 Å². The van der Waals surface area contributed by atoms with Gasteiger partial charge in [-0.25, -0.2) is 0 Å². The largest absolute Gasteiger partial charge is 0.324 e. The van der Waals surface area contributed by atoms with Crippen LogP contribution in [0.25, 0.3) is 0 Å². The lowest BCUT2D eigenvalue weighted by atomic mass is 10.2. The van der Waals surface area contributed by atoms with E-state index < -0.39 is 0 Å². The molecule has 1 heterocycles. The van der Waals surface area contributed by atoms with Crippen molar-refractivity contribution in [2.45, 2.75) is 13.8 Å². The van der Waals surface area contributed by atoms with E-state index in [9.17, 15) is 0 Å². The van der Waals surface area contributed by atoms with E-state index in [1.54, 1.807) is 0 Å². The molecular formula is C29H24ClN9. The number of halogens is 1. The second kappa shape index (κ2) is 12.0. The molecule has 0 fully saturated rings. The van der Waals surface area contributed by atoms with Gasteiger partial charge in [0, 0.05) is 11.4 Å². The van der Waals surface area contributed by atoms with Gasteiger partial charge in [-0.2, -0.15) is 35.4 Å². The van der Waals surface area contributed by atoms with Crippen LogP contribution in [0, 0.1) is 13.8 Å². The van der Waals surface area contributed by atoms with E-state index in [1.165, 1.54) is 0 Å². The highest BCUT2D eigenvalue weighted by atomic mass is 35.5. The van der Waals surface area contributed by atoms with Gasteiger partial charge in [-0.15, -0.1) is 0 Å². The smallest absolute Gasteiger partial charge is 0.233 e. The van der Waals surface area contributed by atoms with Crippen molar-refractivity contribution in [3.05, 3.63) is 113 Å². The average molecular weight is 534 g/mol. The number of nitrogens with one attached hydrogen (secondary N) is 2. The fraction of sp³-hybridized carbons (Fsp3) is 0.0690. The third-order valence-electron chi connectivity index (χ3n) is 5.58. The Labute approximate surface area is 230 Å². The summed E-state index contributed by atoms with van der Waals surface area (Å²) in [7, 11) is 0. The summed E-state index contributed by atoms with van der Waals surface area (Å²) < 4.78 is 0. The third kappa shape index (κ3) is 7.06. The Kier molecular flexibility index (Phi) is 7.89. The number of aryl methyl sites for hydroxylation is 2. The maximum Gasteiger partial charge on any atom is 0.233 e. The van der Waals surface area contributed by atoms with Gasteiger partial charge in [-0.3, -0.25) is 0 Å². The zero-order chi connectivity index (χ0) is 27.0. The van der Waals surface area contributed by atoms with Gasteiger partial charge < -0.3 is 10.6 Å². The van der Waals surface area contributed by atoms with Crippen molar-refractivity contribution in [2.75, 3.05) is 10.6 Å². The third-order valence-corrected chi connectivity index (χ3v) is 5.75. The molecule has 0 spiro atoms. The summed E-state index contributed by atoms with van der Waals surface area (Å²) in [6.45, 7) is 3.93. The summed E-state index contributed by atoms with van der Waals surface area (Å²) >= 11 is 6.21. The number of aromatic nitrogens is 3. The maximum absolute atomic E-state index is 6.21. The maximum atomic E-state index is 6.21. The molecule has 0 atom stereocenters. The number of nitrogens with zero attached hydrogens (tertiary/aromatic N) is 7. The van der Waals surface area contributed by atoms with Gasteiger partial charge in [0.05, 0.1) is 22.7 Å². The molecule has 39 heavy (non-hydrogen) atoms. The molecule has 0 radical (unpaired) electrons. The zero-order valence-electron chi connectivity index (χ0n) is 21.2. The van der Waals surface area contributed by atoms with Crippen LogP contribution in [0.15, 0.2) is 118 Å². The first-order valence-electron chi connectivity index (χ1n) is 12.1. The number of anilines is 4. The summed E-state index contributed by atoms with van der Waals surface area (Å²) in [5, 5.41) is 23.7. The predicted octanol–water partition coefficient (Wildman–Crippen LogP) is 9.46. The van der Waals surface area contributed by atoms with Gasteiger partial charge in [-0.05, 0) is 97.2 Å². The van der Waals surface area contributed by atoms with E-state index >= 15 is 0 Å². The van der Waals surface area contributed by atoms with Crippen LogP contribution in [0.5, 0.6) is 0 Å². The fourth-order valence-electron chi connectivity index (χ4n) is 3.62. The van der Waals surface area contributed by atoms with E-state index in [1.807, 2.05) is 111 Å². The minimum absolute atomic E-state index is 0.0611. The Bertz CT molecular complexity index is 1640. The molecule has 5 rings (SSSR count). The molecule has 5 aromatic rings. The second-order valence-electron chi connectivity index (χ2n) is 8.57. The van der Waals surface area contributed by atoms with Gasteiger partial charge in [0.25, 0.3) is 0 Å². The Morgan fingerprint density at radius 2 is 1.18 bits per heavy atom. The predicted molar refractivity (Wildman–Crippen MR) is 155 cm³/mol. The minimum Gasteiger partial charge on any atom is -0.324 e. The standard InChI is InChI=1S/C29H24ClN9/c1-19-18-24(38-36-21-9-5-3-6-10-21)14-15-25(19)32-29-34-27(30)33-28(35-29)31-23-13-16-26(20(2)17-23)39-37-22-11-7-4-8-12-22/h3-18H,1-2H3,(H2,31,32,33,34,35). The van der Waals surface area contributed by atoms with Crippen LogP contribution < -0.4 is 10.6 Å². The summed E-state index contributed by atoms with van der Waals surface area (Å²) in [6.07, 6.45) is 0. The second-order valence-corrected chi connectivity index (χ2v) is 8.91. The van der Waals surface area contributed by atoms with Gasteiger partial charge >= 0.3 is 0 Å². The molecule has 0 saturated heterocycles. The molecule has 0 unspecified atom stereocenters. The SMILES string of the molecule is Cc1cc(Nc2nc(Cl)nc(Nc3ccc(N=Nc4ccccc4)cc3C)n2)ccc1N=Nc1ccccc1. The van der Waals surface area contributed by atoms with Crippen LogP contribution in [0.2, 0.25) is 5.28 Å². The zero-order valence-corrected chi connectivity index (χ0v) is 22.0. The van der Waals surface area contributed by atoms with Crippen molar-refractivity contribution < 1.29 is 0 Å². The van der Waals surface area contributed by atoms with Crippen molar-refractivity contribution in [2.24, 2.45) is 20.5 Å². The first kappa shape index (κ1) is 25.6. The topological polar surface area (TPSA) is 112 Å². The summed E-state index contributed by atoms with van der Waals surface area (Å²) in [6, 6.07) is 30.6. The molecule has 2 N–H and O–H groups in total. The Morgan fingerprint density at radius 1 is 0.564 bits per heavy atom. The van der Waals surface area contributed by atoms with Crippen molar-refractivity contribution in [3.63, 3.8) is 0 Å². The molecular weight excluding hydrogens is 510 g/mol. The van der Waals surface area contributed by atoms with E-state index in [0.717, 1.165) is 45.3 Å². The Balaban J connectivity index is 1.28. The highest BCUT2D eigenvalue weighted by molar-refractivity contribution is 6.28. The van der Waals surface area contributed by atoms with Crippen molar-refractivity contribution >= 4 is 57.6 Å². The molecule has 0 aliphatic heterocycles. The van der Waals surface area contributed by atoms with Crippen molar-refractivity contribution in [3.8, 4) is 0 Å². The number of hydrogen-bond acceptors (Lipinski definition) is 9.